The van der Waals surface area contributed by atoms with Crippen LogP contribution in [0.15, 0.2) is 24.3 Å². The highest BCUT2D eigenvalue weighted by Gasteiger charge is 2.83. The van der Waals surface area contributed by atoms with Gasteiger partial charge in [0.2, 0.25) is 0 Å². The molecule has 1 unspecified atom stereocenters. The summed E-state index contributed by atoms with van der Waals surface area (Å²) in [6.07, 6.45) is 0.586. The zero-order chi connectivity index (χ0) is 22.9. The van der Waals surface area contributed by atoms with E-state index in [2.05, 4.69) is 13.7 Å². The highest BCUT2D eigenvalue weighted by atomic mass is 32.2. The molecule has 0 amide bonds. The third-order valence-corrected chi connectivity index (χ3v) is 6.44. The molecule has 0 aromatic heterocycles. The Bertz CT molecular complexity index is 914. The van der Waals surface area contributed by atoms with E-state index in [9.17, 15) is 43.2 Å². The number of benzene rings is 1. The first-order valence-electron chi connectivity index (χ1n) is 7.67. The maximum Gasteiger partial charge on any atom is 0.450 e. The van der Waals surface area contributed by atoms with Crippen LogP contribution in [0.5, 0.6) is 5.75 Å². The number of alkyl halides is 6. The van der Waals surface area contributed by atoms with Gasteiger partial charge in [0.1, 0.15) is 5.75 Å². The average Bonchev–Trinajstić information content (AvgIpc) is 2.63. The van der Waals surface area contributed by atoms with Gasteiger partial charge in [0, 0.05) is 6.04 Å². The van der Waals surface area contributed by atoms with Gasteiger partial charge in [-0.2, -0.15) is 43.2 Å². The summed E-state index contributed by atoms with van der Waals surface area (Å²) in [7, 11) is -11.7. The molecule has 1 aromatic carbocycles. The van der Waals surface area contributed by atoms with Crippen LogP contribution < -0.4 is 9.50 Å². The van der Waals surface area contributed by atoms with Crippen molar-refractivity contribution in [2.75, 3.05) is 14.2 Å². The molecule has 0 saturated heterocycles. The van der Waals surface area contributed by atoms with Crippen LogP contribution >= 0.6 is 0 Å². The number of halogens is 6. The Morgan fingerprint density at radius 3 is 1.76 bits per heavy atom. The van der Waals surface area contributed by atoms with Gasteiger partial charge in [-0.1, -0.05) is 19.1 Å². The van der Waals surface area contributed by atoms with Gasteiger partial charge < -0.3 is 9.50 Å². The van der Waals surface area contributed by atoms with E-state index in [1.807, 2.05) is 0 Å². The molecule has 0 heterocycles. The van der Waals surface area contributed by atoms with Crippen LogP contribution in [0.2, 0.25) is 0 Å². The molecule has 1 atom stereocenters. The number of hydrogen-bond donors (Lipinski definition) is 1. The lowest BCUT2D eigenvalue weighted by Gasteiger charge is -2.30. The summed E-state index contributed by atoms with van der Waals surface area (Å²) in [6, 6.07) is 3.94. The maximum atomic E-state index is 13.9. The normalized spacial score (nSPS) is 15.2. The highest BCUT2D eigenvalue weighted by molar-refractivity contribution is 7.89. The zero-order valence-corrected chi connectivity index (χ0v) is 16.8. The van der Waals surface area contributed by atoms with Gasteiger partial charge >= 0.3 is 36.7 Å². The predicted octanol–water partition coefficient (Wildman–Crippen LogP) is 2.86. The molecule has 0 aliphatic heterocycles. The Kier molecular flexibility index (Phi) is 7.26. The van der Waals surface area contributed by atoms with E-state index >= 15 is 0 Å². The summed E-state index contributed by atoms with van der Waals surface area (Å²) >= 11 is 0. The molecule has 0 spiro atoms. The number of nitrogens with one attached hydrogen (secondary N) is 1. The monoisotopic (exact) mass is 473 g/mol. The summed E-state index contributed by atoms with van der Waals surface area (Å²) in [5.74, 6) is -7.80. The van der Waals surface area contributed by atoms with Gasteiger partial charge in [0.25, 0.3) is 0 Å². The topological polar surface area (TPSA) is 98.8 Å². The summed E-state index contributed by atoms with van der Waals surface area (Å²) < 4.78 is 134. The smallest absolute Gasteiger partial charge is 0.378 e. The van der Waals surface area contributed by atoms with Crippen molar-refractivity contribution in [3.05, 3.63) is 29.8 Å². The first kappa shape index (κ1) is 25.5. The molecule has 0 saturated carbocycles. The molecular formula is C14H17F6NO6S2. The van der Waals surface area contributed by atoms with Crippen LogP contribution in [0.25, 0.3) is 0 Å². The molecule has 1 aromatic rings. The Labute approximate surface area is 163 Å². The molecule has 0 fully saturated rings. The SMILES string of the molecule is CCC(NC)c1ccc(OS(=O)(=O)C(F)(F)C(F)(F)C(F)(F)S(=O)(=O)OC)cc1. The molecule has 0 aliphatic rings. The fourth-order valence-electron chi connectivity index (χ4n) is 2.13. The Morgan fingerprint density at radius 2 is 1.38 bits per heavy atom. The maximum absolute atomic E-state index is 13.9. The molecule has 15 heteroatoms. The second-order valence-corrected chi connectivity index (χ2v) is 8.93. The van der Waals surface area contributed by atoms with Crippen molar-refractivity contribution in [2.45, 2.75) is 35.8 Å². The number of hydrogen-bond acceptors (Lipinski definition) is 7. The van der Waals surface area contributed by atoms with Gasteiger partial charge in [-0.15, -0.1) is 0 Å². The summed E-state index contributed by atoms with van der Waals surface area (Å²) in [5, 5.41) is -10.3. The van der Waals surface area contributed by atoms with E-state index in [0.717, 1.165) is 12.1 Å². The lowest BCUT2D eigenvalue weighted by atomic mass is 10.1. The molecular weight excluding hydrogens is 456 g/mol. The van der Waals surface area contributed by atoms with E-state index in [1.54, 1.807) is 14.0 Å². The lowest BCUT2D eigenvalue weighted by molar-refractivity contribution is -0.247. The van der Waals surface area contributed by atoms with Gasteiger partial charge in [-0.3, -0.25) is 4.18 Å². The molecule has 0 radical (unpaired) electrons. The Balaban J connectivity index is 3.30. The van der Waals surface area contributed by atoms with Crippen molar-refractivity contribution in [1.29, 1.82) is 0 Å². The van der Waals surface area contributed by atoms with Crippen LogP contribution in [0.3, 0.4) is 0 Å². The molecule has 0 aliphatic carbocycles. The average molecular weight is 473 g/mol. The fourth-order valence-corrected chi connectivity index (χ4v) is 3.76. The zero-order valence-electron chi connectivity index (χ0n) is 15.1. The first-order chi connectivity index (χ1) is 13.0. The van der Waals surface area contributed by atoms with Gasteiger partial charge in [-0.05, 0) is 31.2 Å². The van der Waals surface area contributed by atoms with Crippen LogP contribution in [-0.4, -0.2) is 47.4 Å². The largest absolute Gasteiger partial charge is 0.450 e. The van der Waals surface area contributed by atoms with E-state index in [0.29, 0.717) is 12.0 Å². The van der Waals surface area contributed by atoms with E-state index in [-0.39, 0.29) is 13.2 Å². The van der Waals surface area contributed by atoms with Crippen molar-refractivity contribution in [3.63, 3.8) is 0 Å². The molecule has 29 heavy (non-hydrogen) atoms. The quantitative estimate of drug-likeness (QED) is 0.412. The summed E-state index contributed by atoms with van der Waals surface area (Å²) in [4.78, 5) is 0. The second-order valence-electron chi connectivity index (χ2n) is 5.58. The predicted molar refractivity (Wildman–Crippen MR) is 88.9 cm³/mol. The first-order valence-corrected chi connectivity index (χ1v) is 10.5. The molecule has 7 nitrogen and oxygen atoms in total. The fraction of sp³-hybridized carbons (Fsp3) is 0.571. The second kappa shape index (κ2) is 8.28. The van der Waals surface area contributed by atoms with E-state index in [1.165, 1.54) is 12.1 Å². The minimum Gasteiger partial charge on any atom is -0.378 e. The Morgan fingerprint density at radius 1 is 0.931 bits per heavy atom. The van der Waals surface area contributed by atoms with Gasteiger partial charge in [-0.25, -0.2) is 0 Å². The van der Waals surface area contributed by atoms with Gasteiger partial charge in [0.05, 0.1) is 7.11 Å². The van der Waals surface area contributed by atoms with Crippen molar-refractivity contribution in [1.82, 2.24) is 5.32 Å². The molecule has 0 bridgehead atoms. The van der Waals surface area contributed by atoms with Gasteiger partial charge in [0.15, 0.2) is 0 Å². The molecule has 1 rings (SSSR count). The van der Waals surface area contributed by atoms with Crippen molar-refractivity contribution in [2.24, 2.45) is 0 Å². The lowest BCUT2D eigenvalue weighted by Crippen LogP contribution is -2.61. The third-order valence-electron chi connectivity index (χ3n) is 3.82. The van der Waals surface area contributed by atoms with Crippen molar-refractivity contribution >= 4 is 20.2 Å². The standard InChI is InChI=1S/C14H17F6NO6S2/c1-4-11(21-2)9-5-7-10(8-6-9)27-29(24,25)14(19,20)12(15,16)13(17,18)28(22,23)26-3/h5-8,11,21H,4H2,1-3H3. The summed E-state index contributed by atoms with van der Waals surface area (Å²) in [5.41, 5.74) is 0.564. The Hall–Kier alpha value is -1.58. The minimum atomic E-state index is -6.92. The molecule has 168 valence electrons. The van der Waals surface area contributed by atoms with Crippen molar-refractivity contribution < 1.29 is 51.5 Å². The third kappa shape index (κ3) is 4.32. The minimum absolute atomic E-state index is 0.0126. The van der Waals surface area contributed by atoms with Crippen LogP contribution in [0, 0.1) is 0 Å². The van der Waals surface area contributed by atoms with Crippen LogP contribution in [0.4, 0.5) is 26.3 Å². The summed E-state index contributed by atoms with van der Waals surface area (Å²) in [6.45, 7) is 1.80. The van der Waals surface area contributed by atoms with Crippen LogP contribution in [-0.2, 0) is 24.4 Å². The van der Waals surface area contributed by atoms with E-state index in [4.69, 9.17) is 0 Å². The molecule has 1 N–H and O–H groups in total. The van der Waals surface area contributed by atoms with Crippen LogP contribution in [0.1, 0.15) is 24.9 Å². The number of rotatable bonds is 10. The van der Waals surface area contributed by atoms with Crippen molar-refractivity contribution in [3.8, 4) is 5.75 Å². The highest BCUT2D eigenvalue weighted by Crippen LogP contribution is 2.51. The van der Waals surface area contributed by atoms with E-state index < -0.39 is 42.4 Å².